The summed E-state index contributed by atoms with van der Waals surface area (Å²) in [5.41, 5.74) is 0.441. The number of halogens is 1. The Balaban J connectivity index is 1.99. The van der Waals surface area contributed by atoms with E-state index in [-0.39, 0.29) is 23.0 Å². The highest BCUT2D eigenvalue weighted by Gasteiger charge is 2.42. The molecular formula is C20H21ClN4O3S. The molecule has 3 heterocycles. The molecule has 9 heteroatoms. The van der Waals surface area contributed by atoms with Gasteiger partial charge in [0, 0.05) is 12.1 Å². The minimum Gasteiger partial charge on any atom is -0.848 e. The van der Waals surface area contributed by atoms with Gasteiger partial charge in [0.15, 0.2) is 10.5 Å². The molecule has 0 fully saturated rings. The van der Waals surface area contributed by atoms with Crippen LogP contribution in [0, 0.1) is 0 Å². The number of thiazole rings is 1. The Kier molecular flexibility index (Phi) is 5.23. The number of anilines is 1. The summed E-state index contributed by atoms with van der Waals surface area (Å²) < 4.78 is 9.03. The molecule has 1 aliphatic rings. The molecule has 7 nitrogen and oxygen atoms in total. The Hall–Kier alpha value is -2.58. The second kappa shape index (κ2) is 7.68. The van der Waals surface area contributed by atoms with Gasteiger partial charge in [-0.25, -0.2) is 9.55 Å². The number of aromatic nitrogens is 3. The quantitative estimate of drug-likeness (QED) is 0.579. The molecule has 1 unspecified atom stereocenters. The van der Waals surface area contributed by atoms with Crippen LogP contribution in [0.2, 0.25) is 4.47 Å². The maximum Gasteiger partial charge on any atom is 0.362 e. The Morgan fingerprint density at radius 1 is 1.34 bits per heavy atom. The van der Waals surface area contributed by atoms with Crippen molar-refractivity contribution in [2.45, 2.75) is 26.4 Å². The molecular weight excluding hydrogens is 412 g/mol. The summed E-state index contributed by atoms with van der Waals surface area (Å²) in [4.78, 5) is 20.7. The van der Waals surface area contributed by atoms with E-state index in [0.29, 0.717) is 41.4 Å². The fraction of sp³-hybridized carbons (Fsp3) is 0.350. The van der Waals surface area contributed by atoms with Crippen molar-refractivity contribution in [1.82, 2.24) is 9.55 Å². The summed E-state index contributed by atoms with van der Waals surface area (Å²) in [5.74, 6) is 1.02. The summed E-state index contributed by atoms with van der Waals surface area (Å²) in [6.07, 6.45) is 1.71. The molecule has 0 N–H and O–H groups in total. The van der Waals surface area contributed by atoms with Crippen molar-refractivity contribution in [3.8, 4) is 22.8 Å². The molecule has 29 heavy (non-hydrogen) atoms. The summed E-state index contributed by atoms with van der Waals surface area (Å²) in [6, 6.07) is 6.75. The molecule has 152 valence electrons. The van der Waals surface area contributed by atoms with E-state index in [2.05, 4.69) is 9.88 Å². The lowest BCUT2D eigenvalue weighted by atomic mass is 10.1. The van der Waals surface area contributed by atoms with Gasteiger partial charge in [-0.05, 0) is 31.5 Å². The largest absolute Gasteiger partial charge is 0.848 e. The second-order valence-electron chi connectivity index (χ2n) is 6.70. The maximum absolute atomic E-state index is 13.6. The molecule has 1 atom stereocenters. The van der Waals surface area contributed by atoms with Gasteiger partial charge in [-0.3, -0.25) is 9.69 Å². The first-order chi connectivity index (χ1) is 14.0. The van der Waals surface area contributed by atoms with E-state index in [1.807, 2.05) is 13.8 Å². The molecule has 3 aromatic rings. The standard InChI is InChI=1S/C20H21ClN4O3S/c1-4-23-11-14(15-10-22-19(21)29-15)25-18(27)16(17(26)24(5-2)20(23)25)12-6-8-13(28-3)9-7-12/h6-10,14H,4-5,11H2,1-3H3. The Labute approximate surface area is 177 Å². The first kappa shape index (κ1) is 19.7. The minimum atomic E-state index is -0.301. The van der Waals surface area contributed by atoms with Crippen LogP contribution in [0.15, 0.2) is 35.3 Å². The number of hydrogen-bond acceptors (Lipinski definition) is 6. The molecule has 0 saturated carbocycles. The molecule has 0 saturated heterocycles. The third kappa shape index (κ3) is 3.16. The first-order valence-corrected chi connectivity index (χ1v) is 10.6. The highest BCUT2D eigenvalue weighted by molar-refractivity contribution is 7.15. The highest BCUT2D eigenvalue weighted by atomic mass is 35.5. The van der Waals surface area contributed by atoms with Crippen LogP contribution >= 0.6 is 22.9 Å². The number of likely N-dealkylation sites (N-methyl/N-ethyl adjacent to an activating group) is 1. The Morgan fingerprint density at radius 3 is 2.62 bits per heavy atom. The van der Waals surface area contributed by atoms with Gasteiger partial charge in [-0.1, -0.05) is 23.7 Å². The average molecular weight is 433 g/mol. The topological polar surface area (TPSA) is 74.3 Å². The molecule has 0 aliphatic carbocycles. The molecule has 0 bridgehead atoms. The fourth-order valence-corrected chi connectivity index (χ4v) is 4.87. The molecule has 1 aliphatic heterocycles. The van der Waals surface area contributed by atoms with E-state index < -0.39 is 0 Å². The van der Waals surface area contributed by atoms with Crippen molar-refractivity contribution < 1.29 is 14.4 Å². The first-order valence-electron chi connectivity index (χ1n) is 9.40. The highest BCUT2D eigenvalue weighted by Crippen LogP contribution is 2.36. The van der Waals surface area contributed by atoms with Crippen LogP contribution in [0.4, 0.5) is 5.95 Å². The number of methoxy groups -OCH3 is 1. The zero-order chi connectivity index (χ0) is 20.7. The monoisotopic (exact) mass is 432 g/mol. The molecule has 2 aromatic heterocycles. The van der Waals surface area contributed by atoms with E-state index in [1.54, 1.807) is 46.7 Å². The van der Waals surface area contributed by atoms with Gasteiger partial charge in [0.1, 0.15) is 12.3 Å². The third-order valence-corrected chi connectivity index (χ3v) is 6.45. The van der Waals surface area contributed by atoms with Crippen molar-refractivity contribution in [1.29, 1.82) is 0 Å². The van der Waals surface area contributed by atoms with Crippen LogP contribution in [-0.4, -0.2) is 29.8 Å². The maximum atomic E-state index is 13.6. The van der Waals surface area contributed by atoms with Gasteiger partial charge in [0.25, 0.3) is 0 Å². The van der Waals surface area contributed by atoms with Crippen LogP contribution in [0.3, 0.4) is 0 Å². The number of nitrogens with zero attached hydrogens (tertiary/aromatic N) is 4. The summed E-state index contributed by atoms with van der Waals surface area (Å²) in [5, 5.41) is 13.3. The SMILES string of the molecule is CCN1CC(c2cnc(Cl)s2)n2c1[n+](CC)c([O-])c(-c1ccc(OC)cc1)c2=O. The molecule has 4 rings (SSSR count). The van der Waals surface area contributed by atoms with Crippen LogP contribution in [0.1, 0.15) is 24.8 Å². The van der Waals surface area contributed by atoms with Crippen molar-refractivity contribution in [2.75, 3.05) is 25.1 Å². The third-order valence-electron chi connectivity index (χ3n) is 5.24. The fourth-order valence-electron chi connectivity index (χ4n) is 3.83. The van der Waals surface area contributed by atoms with E-state index in [0.717, 1.165) is 4.88 Å². The zero-order valence-electron chi connectivity index (χ0n) is 16.4. The molecule has 1 aromatic carbocycles. The lowest BCUT2D eigenvalue weighted by Crippen LogP contribution is -2.47. The summed E-state index contributed by atoms with van der Waals surface area (Å²) in [7, 11) is 1.58. The zero-order valence-corrected chi connectivity index (χ0v) is 18.0. The van der Waals surface area contributed by atoms with E-state index >= 15 is 0 Å². The van der Waals surface area contributed by atoms with E-state index in [4.69, 9.17) is 16.3 Å². The number of ether oxygens (including phenoxy) is 1. The van der Waals surface area contributed by atoms with E-state index in [9.17, 15) is 9.90 Å². The van der Waals surface area contributed by atoms with Crippen molar-refractivity contribution in [3.05, 3.63) is 50.2 Å². The van der Waals surface area contributed by atoms with Crippen LogP contribution in [-0.2, 0) is 6.54 Å². The second-order valence-corrected chi connectivity index (χ2v) is 8.34. The van der Waals surface area contributed by atoms with E-state index in [1.165, 1.54) is 11.3 Å². The summed E-state index contributed by atoms with van der Waals surface area (Å²) >= 11 is 7.41. The molecule has 0 radical (unpaired) electrons. The van der Waals surface area contributed by atoms with Crippen molar-refractivity contribution >= 4 is 28.9 Å². The number of rotatable bonds is 5. The Bertz CT molecular complexity index is 1110. The van der Waals surface area contributed by atoms with Gasteiger partial charge in [-0.2, -0.15) is 4.57 Å². The van der Waals surface area contributed by atoms with Crippen LogP contribution in [0.25, 0.3) is 11.1 Å². The lowest BCUT2D eigenvalue weighted by Gasteiger charge is -2.21. The normalized spacial score (nSPS) is 15.6. The van der Waals surface area contributed by atoms with Gasteiger partial charge in [0.2, 0.25) is 0 Å². The molecule has 0 amide bonds. The predicted molar refractivity (Wildman–Crippen MR) is 111 cm³/mol. The Morgan fingerprint density at radius 2 is 2.07 bits per heavy atom. The number of fused-ring (bicyclic) bond motifs is 1. The minimum absolute atomic E-state index is 0.164. The molecule has 0 spiro atoms. The van der Waals surface area contributed by atoms with Gasteiger partial charge in [0.05, 0.1) is 30.6 Å². The average Bonchev–Trinajstić information content (AvgIpc) is 3.32. The number of benzene rings is 1. The number of hydrogen-bond donors (Lipinski definition) is 0. The van der Waals surface area contributed by atoms with Gasteiger partial charge >= 0.3 is 11.5 Å². The smallest absolute Gasteiger partial charge is 0.362 e. The van der Waals surface area contributed by atoms with Crippen molar-refractivity contribution in [3.63, 3.8) is 0 Å². The van der Waals surface area contributed by atoms with Crippen LogP contribution in [0.5, 0.6) is 11.6 Å². The van der Waals surface area contributed by atoms with Crippen molar-refractivity contribution in [2.24, 2.45) is 0 Å². The van der Waals surface area contributed by atoms with Crippen LogP contribution < -0.4 is 24.9 Å². The summed E-state index contributed by atoms with van der Waals surface area (Å²) in [6.45, 7) is 5.66. The predicted octanol–water partition coefficient (Wildman–Crippen LogP) is 2.44. The van der Waals surface area contributed by atoms with Gasteiger partial charge < -0.3 is 9.84 Å². The lowest BCUT2D eigenvalue weighted by molar-refractivity contribution is -0.723. The van der Waals surface area contributed by atoms with Gasteiger partial charge in [-0.15, -0.1) is 11.3 Å².